The molecule has 12 aromatic rings. The Morgan fingerprint density at radius 2 is 0.705 bits per heavy atom. The Hall–Kier alpha value is -8.14. The van der Waals surface area contributed by atoms with Gasteiger partial charge < -0.3 is 13.7 Å². The van der Waals surface area contributed by atoms with Gasteiger partial charge in [-0.1, -0.05) is 170 Å². The molecule has 0 saturated heterocycles. The fourth-order valence-electron chi connectivity index (χ4n) is 9.18. The predicted octanol–water partition coefficient (Wildman–Crippen LogP) is 16.8. The lowest BCUT2D eigenvalue weighted by atomic mass is 9.92. The van der Waals surface area contributed by atoms with Crippen LogP contribution in [0.15, 0.2) is 233 Å². The van der Waals surface area contributed by atoms with Crippen LogP contribution in [0.4, 0.5) is 17.1 Å². The summed E-state index contributed by atoms with van der Waals surface area (Å²) < 4.78 is 13.4. The Kier molecular flexibility index (Phi) is 8.17. The highest BCUT2D eigenvalue weighted by Gasteiger charge is 2.21. The van der Waals surface area contributed by atoms with Crippen molar-refractivity contribution in [2.24, 2.45) is 0 Å². The number of benzene rings is 10. The average molecular weight is 780 g/mol. The van der Waals surface area contributed by atoms with E-state index in [0.717, 1.165) is 94.0 Å². The first-order valence-corrected chi connectivity index (χ1v) is 20.7. The highest BCUT2D eigenvalue weighted by molar-refractivity contribution is 6.23. The molecule has 61 heavy (non-hydrogen) atoms. The standard InChI is InChI=1S/C58H37NO2/c1-3-13-38(14-4-1)40-25-31-43(32-26-40)59(44-33-27-41(28-34-44)39-15-5-2-6-16-39)45-35-29-42(30-36-45)46-20-12-24-55-56(46)53-37-52(47-17-7-8-19-49(47)58(53)61-55)51-22-11-21-50-48-18-9-10-23-54(48)60-57(50)51/h1-37H. The molecule has 0 fully saturated rings. The Bertz CT molecular complexity index is 3460. The normalized spacial score (nSPS) is 11.6. The zero-order valence-corrected chi connectivity index (χ0v) is 33.1. The Morgan fingerprint density at radius 1 is 0.262 bits per heavy atom. The third-order valence-corrected chi connectivity index (χ3v) is 12.1. The molecule has 286 valence electrons. The number of nitrogens with zero attached hydrogens (tertiary/aromatic N) is 1. The summed E-state index contributed by atoms with van der Waals surface area (Å²) in [5.74, 6) is 0. The van der Waals surface area contributed by atoms with Gasteiger partial charge in [0.25, 0.3) is 0 Å². The van der Waals surface area contributed by atoms with Crippen LogP contribution >= 0.6 is 0 Å². The monoisotopic (exact) mass is 779 g/mol. The van der Waals surface area contributed by atoms with E-state index in [1.807, 2.05) is 12.1 Å². The molecule has 0 radical (unpaired) electrons. The average Bonchev–Trinajstić information content (AvgIpc) is 3.92. The molecule has 10 aromatic carbocycles. The van der Waals surface area contributed by atoms with Crippen LogP contribution in [0.5, 0.6) is 0 Å². The lowest BCUT2D eigenvalue weighted by molar-refractivity contribution is 0.670. The van der Waals surface area contributed by atoms with E-state index >= 15 is 0 Å². The minimum atomic E-state index is 0.861. The van der Waals surface area contributed by atoms with E-state index in [9.17, 15) is 0 Å². The van der Waals surface area contributed by atoms with E-state index < -0.39 is 0 Å². The summed E-state index contributed by atoms with van der Waals surface area (Å²) in [4.78, 5) is 2.33. The first-order chi connectivity index (χ1) is 30.2. The van der Waals surface area contributed by atoms with Gasteiger partial charge in [-0.3, -0.25) is 0 Å². The summed E-state index contributed by atoms with van der Waals surface area (Å²) in [7, 11) is 0. The van der Waals surface area contributed by atoms with Crippen molar-refractivity contribution in [3.05, 3.63) is 224 Å². The van der Waals surface area contributed by atoms with E-state index in [1.54, 1.807) is 0 Å². The molecule has 0 amide bonds. The van der Waals surface area contributed by atoms with Gasteiger partial charge in [-0.05, 0) is 98.9 Å². The van der Waals surface area contributed by atoms with Crippen molar-refractivity contribution in [2.45, 2.75) is 0 Å². The summed E-state index contributed by atoms with van der Waals surface area (Å²) in [5.41, 5.74) is 16.0. The molecule has 12 rings (SSSR count). The highest BCUT2D eigenvalue weighted by atomic mass is 16.3. The van der Waals surface area contributed by atoms with Crippen molar-refractivity contribution < 1.29 is 8.83 Å². The molecule has 0 spiro atoms. The van der Waals surface area contributed by atoms with Crippen LogP contribution in [-0.4, -0.2) is 0 Å². The molecule has 3 nitrogen and oxygen atoms in total. The molecule has 0 saturated carbocycles. The van der Waals surface area contributed by atoms with E-state index in [0.29, 0.717) is 0 Å². The smallest absolute Gasteiger partial charge is 0.143 e. The van der Waals surface area contributed by atoms with Gasteiger partial charge in [0.05, 0.1) is 0 Å². The van der Waals surface area contributed by atoms with Crippen LogP contribution in [0.3, 0.4) is 0 Å². The zero-order chi connectivity index (χ0) is 40.3. The van der Waals surface area contributed by atoms with Gasteiger partial charge in [-0.2, -0.15) is 0 Å². The molecule has 0 aliphatic heterocycles. The number of anilines is 3. The lowest BCUT2D eigenvalue weighted by Gasteiger charge is -2.26. The van der Waals surface area contributed by atoms with Gasteiger partial charge in [0, 0.05) is 49.6 Å². The first kappa shape index (κ1) is 34.9. The number of hydrogen-bond donors (Lipinski definition) is 0. The quantitative estimate of drug-likeness (QED) is 0.161. The zero-order valence-electron chi connectivity index (χ0n) is 33.1. The number of hydrogen-bond acceptors (Lipinski definition) is 3. The SMILES string of the molecule is c1ccc(-c2ccc(N(c3ccc(-c4ccccc4)cc3)c3ccc(-c4cccc5oc6c7ccccc7c(-c7cccc8c7oc7ccccc78)cc6c45)cc3)cc2)cc1. The molecule has 2 heterocycles. The van der Waals surface area contributed by atoms with Crippen LogP contribution in [0, 0.1) is 0 Å². The predicted molar refractivity (Wildman–Crippen MR) is 255 cm³/mol. The maximum atomic E-state index is 6.78. The fourth-order valence-corrected chi connectivity index (χ4v) is 9.18. The van der Waals surface area contributed by atoms with Gasteiger partial charge in [-0.25, -0.2) is 0 Å². The molecule has 0 unspecified atom stereocenters. The van der Waals surface area contributed by atoms with Crippen LogP contribution < -0.4 is 4.90 Å². The highest BCUT2D eigenvalue weighted by Crippen LogP contribution is 2.46. The number of furan rings is 2. The topological polar surface area (TPSA) is 29.5 Å². The molecular formula is C58H37NO2. The largest absolute Gasteiger partial charge is 0.455 e. The maximum absolute atomic E-state index is 6.78. The first-order valence-electron chi connectivity index (χ1n) is 20.7. The summed E-state index contributed by atoms with van der Waals surface area (Å²) in [6.45, 7) is 0. The second-order valence-corrected chi connectivity index (χ2v) is 15.6. The van der Waals surface area contributed by atoms with Gasteiger partial charge in [-0.15, -0.1) is 0 Å². The molecule has 0 atom stereocenters. The van der Waals surface area contributed by atoms with Crippen molar-refractivity contribution in [3.63, 3.8) is 0 Å². The molecular weight excluding hydrogens is 743 g/mol. The number of para-hydroxylation sites is 2. The van der Waals surface area contributed by atoms with E-state index in [2.05, 4.69) is 217 Å². The maximum Gasteiger partial charge on any atom is 0.143 e. The van der Waals surface area contributed by atoms with Crippen molar-refractivity contribution in [3.8, 4) is 44.5 Å². The molecule has 0 aliphatic rings. The van der Waals surface area contributed by atoms with E-state index in [4.69, 9.17) is 8.83 Å². The van der Waals surface area contributed by atoms with Crippen molar-refractivity contribution in [1.29, 1.82) is 0 Å². The molecule has 0 bridgehead atoms. The van der Waals surface area contributed by atoms with Crippen molar-refractivity contribution in [1.82, 2.24) is 0 Å². The lowest BCUT2D eigenvalue weighted by Crippen LogP contribution is -2.09. The third kappa shape index (κ3) is 5.90. The molecule has 0 aliphatic carbocycles. The van der Waals surface area contributed by atoms with E-state index in [-0.39, 0.29) is 0 Å². The van der Waals surface area contributed by atoms with Crippen LogP contribution in [-0.2, 0) is 0 Å². The summed E-state index contributed by atoms with van der Waals surface area (Å²) in [5, 5.41) is 6.61. The molecule has 2 aromatic heterocycles. The van der Waals surface area contributed by atoms with Gasteiger partial charge in [0.1, 0.15) is 22.3 Å². The molecule has 3 heteroatoms. The Morgan fingerprint density at radius 3 is 1.34 bits per heavy atom. The second-order valence-electron chi connectivity index (χ2n) is 15.6. The van der Waals surface area contributed by atoms with Gasteiger partial charge >= 0.3 is 0 Å². The van der Waals surface area contributed by atoms with Gasteiger partial charge in [0.15, 0.2) is 0 Å². The number of fused-ring (bicyclic) bond motifs is 8. The van der Waals surface area contributed by atoms with Crippen LogP contribution in [0.25, 0.3) is 99.2 Å². The van der Waals surface area contributed by atoms with Crippen LogP contribution in [0.2, 0.25) is 0 Å². The third-order valence-electron chi connectivity index (χ3n) is 12.1. The minimum Gasteiger partial charge on any atom is -0.455 e. The molecule has 0 N–H and O–H groups in total. The summed E-state index contributed by atoms with van der Waals surface area (Å²) in [6.07, 6.45) is 0. The fraction of sp³-hybridized carbons (Fsp3) is 0. The van der Waals surface area contributed by atoms with E-state index in [1.165, 1.54) is 22.3 Å². The summed E-state index contributed by atoms with van der Waals surface area (Å²) in [6, 6.07) is 79.7. The summed E-state index contributed by atoms with van der Waals surface area (Å²) >= 11 is 0. The van der Waals surface area contributed by atoms with Crippen LogP contribution in [0.1, 0.15) is 0 Å². The Labute approximate surface area is 353 Å². The Balaban J connectivity index is 0.989. The minimum absolute atomic E-state index is 0.861. The number of rotatable bonds is 7. The second kappa shape index (κ2) is 14.3. The van der Waals surface area contributed by atoms with Crippen molar-refractivity contribution >= 4 is 71.7 Å². The van der Waals surface area contributed by atoms with Gasteiger partial charge in [0.2, 0.25) is 0 Å². The van der Waals surface area contributed by atoms with Crippen molar-refractivity contribution in [2.75, 3.05) is 4.90 Å².